The number of hydrogen-bond acceptors (Lipinski definition) is 2. The molecule has 264 valence electrons. The topological polar surface area (TPSA) is 25.8 Å². The van der Waals surface area contributed by atoms with Crippen LogP contribution in [0.5, 0.6) is 0 Å². The Bertz CT molecular complexity index is 2840. The molecule has 0 saturated carbocycles. The van der Waals surface area contributed by atoms with Gasteiger partial charge >= 0.3 is 0 Å². The number of rotatable bonds is 7. The van der Waals surface area contributed by atoms with E-state index in [9.17, 15) is 0 Å². The third-order valence-electron chi connectivity index (χ3n) is 11.4. The van der Waals surface area contributed by atoms with Crippen LogP contribution < -0.4 is 0 Å². The lowest BCUT2D eigenvalue weighted by Gasteiger charge is -2.28. The zero-order chi connectivity index (χ0) is 37.5. The minimum absolute atomic E-state index is 0.242. The molecule has 0 fully saturated rings. The summed E-state index contributed by atoms with van der Waals surface area (Å²) in [5.74, 6) is 0.707. The molecule has 1 aliphatic rings. The van der Waals surface area contributed by atoms with Gasteiger partial charge in [0.1, 0.15) is 0 Å². The summed E-state index contributed by atoms with van der Waals surface area (Å²) in [6.07, 6.45) is 0. The van der Waals surface area contributed by atoms with E-state index in [1.165, 1.54) is 50.1 Å². The summed E-state index contributed by atoms with van der Waals surface area (Å²) in [6.45, 7) is 2.38. The maximum atomic E-state index is 5.14. The summed E-state index contributed by atoms with van der Waals surface area (Å²) < 4.78 is 0. The van der Waals surface area contributed by atoms with Crippen molar-refractivity contribution in [3.05, 3.63) is 229 Å². The molecule has 0 spiro atoms. The first-order valence-electron chi connectivity index (χ1n) is 19.2. The second-order valence-corrected chi connectivity index (χ2v) is 14.7. The van der Waals surface area contributed by atoms with E-state index in [0.717, 1.165) is 39.2 Å². The van der Waals surface area contributed by atoms with E-state index >= 15 is 0 Å². The highest BCUT2D eigenvalue weighted by atomic mass is 14.9. The van der Waals surface area contributed by atoms with Gasteiger partial charge in [-0.2, -0.15) is 0 Å². The highest BCUT2D eigenvalue weighted by molar-refractivity contribution is 5.86. The number of fused-ring (bicyclic) bond motifs is 3. The monoisotopic (exact) mass is 714 g/mol. The maximum Gasteiger partial charge on any atom is 0.160 e. The molecular weight excluding hydrogens is 677 g/mol. The quantitative estimate of drug-likeness (QED) is 0.164. The molecule has 1 aliphatic carbocycles. The number of benzene rings is 8. The van der Waals surface area contributed by atoms with Crippen molar-refractivity contribution in [2.75, 3.05) is 0 Å². The molecule has 1 atom stereocenters. The zero-order valence-electron chi connectivity index (χ0n) is 31.1. The van der Waals surface area contributed by atoms with E-state index in [4.69, 9.17) is 9.97 Å². The Morgan fingerprint density at radius 3 is 1.43 bits per heavy atom. The molecule has 10 rings (SSSR count). The molecule has 2 heteroatoms. The summed E-state index contributed by atoms with van der Waals surface area (Å²) in [4.78, 5) is 10.2. The molecule has 0 saturated heterocycles. The molecule has 8 aromatic carbocycles. The lowest BCUT2D eigenvalue weighted by atomic mass is 9.74. The van der Waals surface area contributed by atoms with Crippen molar-refractivity contribution in [3.8, 4) is 78.4 Å². The van der Waals surface area contributed by atoms with Gasteiger partial charge in [0.15, 0.2) is 5.82 Å². The van der Waals surface area contributed by atoms with E-state index in [1.807, 2.05) is 24.3 Å². The summed E-state index contributed by atoms with van der Waals surface area (Å²) in [5, 5.41) is 0. The number of hydrogen-bond donors (Lipinski definition) is 0. The predicted molar refractivity (Wildman–Crippen MR) is 232 cm³/mol. The van der Waals surface area contributed by atoms with Gasteiger partial charge < -0.3 is 0 Å². The summed E-state index contributed by atoms with van der Waals surface area (Å²) in [7, 11) is 0. The molecule has 0 amide bonds. The normalized spacial score (nSPS) is 14.2. The van der Waals surface area contributed by atoms with Crippen molar-refractivity contribution in [1.82, 2.24) is 9.97 Å². The molecule has 1 aromatic heterocycles. The lowest BCUT2D eigenvalue weighted by Crippen LogP contribution is -2.22. The van der Waals surface area contributed by atoms with Crippen LogP contribution in [-0.2, 0) is 5.41 Å². The third-order valence-corrected chi connectivity index (χ3v) is 11.4. The van der Waals surface area contributed by atoms with Crippen LogP contribution in [0.25, 0.3) is 78.4 Å². The van der Waals surface area contributed by atoms with E-state index in [0.29, 0.717) is 5.82 Å². The highest BCUT2D eigenvalue weighted by Gasteiger charge is 2.40. The largest absolute Gasteiger partial charge is 0.228 e. The second-order valence-electron chi connectivity index (χ2n) is 14.7. The smallest absolute Gasteiger partial charge is 0.160 e. The third kappa shape index (κ3) is 5.93. The molecule has 0 N–H and O–H groups in total. The summed E-state index contributed by atoms with van der Waals surface area (Å²) in [6, 6.07) is 75.9. The molecule has 56 heavy (non-hydrogen) atoms. The maximum absolute atomic E-state index is 5.14. The van der Waals surface area contributed by atoms with Crippen molar-refractivity contribution in [3.63, 3.8) is 0 Å². The van der Waals surface area contributed by atoms with Crippen molar-refractivity contribution in [2.45, 2.75) is 12.3 Å². The van der Waals surface area contributed by atoms with Crippen LogP contribution in [0.2, 0.25) is 0 Å². The SMILES string of the molecule is CC1(c2ccccc2)c2ccccc2-c2ccc(-c3cccc(-c4cccc(-c5cc(-c6ccc(-c7ccccc7)cc6)nc(-c6ccccc6)n5)c4)c3)cc21. The van der Waals surface area contributed by atoms with Crippen molar-refractivity contribution < 1.29 is 0 Å². The molecular formula is C54H38N2. The first kappa shape index (κ1) is 33.4. The minimum atomic E-state index is -0.242. The average Bonchev–Trinajstić information content (AvgIpc) is 3.55. The van der Waals surface area contributed by atoms with E-state index in [-0.39, 0.29) is 5.41 Å². The average molecular weight is 715 g/mol. The van der Waals surface area contributed by atoms with Crippen molar-refractivity contribution in [2.24, 2.45) is 0 Å². The number of aromatic nitrogens is 2. The molecule has 9 aromatic rings. The second kappa shape index (κ2) is 13.9. The number of nitrogens with zero attached hydrogens (tertiary/aromatic N) is 2. The van der Waals surface area contributed by atoms with E-state index in [1.54, 1.807) is 0 Å². The van der Waals surface area contributed by atoms with Crippen LogP contribution >= 0.6 is 0 Å². The molecule has 1 heterocycles. The van der Waals surface area contributed by atoms with Crippen LogP contribution in [0, 0.1) is 0 Å². The fraction of sp³-hybridized carbons (Fsp3) is 0.0370. The fourth-order valence-electron chi connectivity index (χ4n) is 8.41. The molecule has 1 unspecified atom stereocenters. The van der Waals surface area contributed by atoms with Crippen LogP contribution in [0.1, 0.15) is 23.6 Å². The van der Waals surface area contributed by atoms with E-state index in [2.05, 4.69) is 195 Å². The Balaban J connectivity index is 1.02. The highest BCUT2D eigenvalue weighted by Crippen LogP contribution is 2.53. The molecule has 0 radical (unpaired) electrons. The van der Waals surface area contributed by atoms with Gasteiger partial charge in [-0.05, 0) is 92.4 Å². The van der Waals surface area contributed by atoms with Gasteiger partial charge in [-0.15, -0.1) is 0 Å². The van der Waals surface area contributed by atoms with Crippen LogP contribution in [0.4, 0.5) is 0 Å². The summed E-state index contributed by atoms with van der Waals surface area (Å²) >= 11 is 0. The molecule has 0 bridgehead atoms. The van der Waals surface area contributed by atoms with Gasteiger partial charge in [-0.1, -0.05) is 188 Å². The first-order chi connectivity index (χ1) is 27.6. The van der Waals surface area contributed by atoms with Gasteiger partial charge in [-0.3, -0.25) is 0 Å². The predicted octanol–water partition coefficient (Wildman–Crippen LogP) is 13.8. The lowest BCUT2D eigenvalue weighted by molar-refractivity contribution is 0.714. The van der Waals surface area contributed by atoms with Crippen molar-refractivity contribution >= 4 is 0 Å². The van der Waals surface area contributed by atoms with Gasteiger partial charge in [0, 0.05) is 22.1 Å². The van der Waals surface area contributed by atoms with Gasteiger partial charge in [-0.25, -0.2) is 9.97 Å². The Morgan fingerprint density at radius 1 is 0.304 bits per heavy atom. The van der Waals surface area contributed by atoms with Gasteiger partial charge in [0.2, 0.25) is 0 Å². The summed E-state index contributed by atoms with van der Waals surface area (Å²) in [5.41, 5.74) is 18.3. The van der Waals surface area contributed by atoms with Crippen LogP contribution in [0.3, 0.4) is 0 Å². The standard InChI is InChI=1S/C54H38N2/c1-54(46-23-9-4-10-24-46)49-26-12-11-25-47(49)48-32-31-44(35-50(48)54)42-20-13-19-41(33-42)43-21-14-22-45(34-43)52-36-51(55-53(56-52)40-17-7-3-8-18-40)39-29-27-38(28-30-39)37-15-5-2-6-16-37/h2-36H,1H3. The Kier molecular flexibility index (Phi) is 8.30. The Hall–Kier alpha value is -7.16. The Morgan fingerprint density at radius 2 is 0.750 bits per heavy atom. The van der Waals surface area contributed by atoms with Crippen LogP contribution in [0.15, 0.2) is 212 Å². The minimum Gasteiger partial charge on any atom is -0.228 e. The van der Waals surface area contributed by atoms with Gasteiger partial charge in [0.05, 0.1) is 11.4 Å². The molecule has 2 nitrogen and oxygen atoms in total. The first-order valence-corrected chi connectivity index (χ1v) is 19.2. The van der Waals surface area contributed by atoms with Gasteiger partial charge in [0.25, 0.3) is 0 Å². The molecule has 0 aliphatic heterocycles. The van der Waals surface area contributed by atoms with Crippen molar-refractivity contribution in [1.29, 1.82) is 0 Å². The van der Waals surface area contributed by atoms with E-state index < -0.39 is 0 Å². The van der Waals surface area contributed by atoms with Crippen LogP contribution in [-0.4, -0.2) is 9.97 Å². The zero-order valence-corrected chi connectivity index (χ0v) is 31.1. The fourth-order valence-corrected chi connectivity index (χ4v) is 8.41. The Labute approximate surface area is 328 Å².